The molecule has 0 aliphatic heterocycles. The summed E-state index contributed by atoms with van der Waals surface area (Å²) in [7, 11) is -3.86. The van der Waals surface area contributed by atoms with Crippen molar-refractivity contribution in [2.45, 2.75) is 4.90 Å². The Morgan fingerprint density at radius 2 is 1.57 bits per heavy atom. The summed E-state index contributed by atoms with van der Waals surface area (Å²) in [5.41, 5.74) is -0.195. The Kier molecular flexibility index (Phi) is 4.41. The molecule has 0 amide bonds. The van der Waals surface area contributed by atoms with Crippen LogP contribution in [0.2, 0.25) is 10.0 Å². The third-order valence-corrected chi connectivity index (χ3v) is 4.54. The lowest BCUT2D eigenvalue weighted by Gasteiger charge is -2.12. The molecule has 0 spiro atoms. The van der Waals surface area contributed by atoms with E-state index in [9.17, 15) is 13.2 Å². The summed E-state index contributed by atoms with van der Waals surface area (Å²) in [6.07, 6.45) is 0. The fraction of sp³-hybridized carbons (Fsp3) is 0. The molecule has 2 N–H and O–H groups in total. The van der Waals surface area contributed by atoms with Crippen molar-refractivity contribution in [3.8, 4) is 0 Å². The molecule has 0 saturated heterocycles. The first-order valence-electron chi connectivity index (χ1n) is 5.61. The van der Waals surface area contributed by atoms with Crippen LogP contribution in [0.5, 0.6) is 0 Å². The van der Waals surface area contributed by atoms with Crippen molar-refractivity contribution in [1.82, 2.24) is 0 Å². The lowest BCUT2D eigenvalue weighted by molar-refractivity contribution is 0.0697. The number of carboxylic acid groups (broad SMARTS) is 1. The van der Waals surface area contributed by atoms with E-state index in [0.717, 1.165) is 12.1 Å². The second-order valence-electron chi connectivity index (χ2n) is 4.04. The number of nitrogens with one attached hydrogen (secondary N) is 1. The van der Waals surface area contributed by atoms with E-state index in [1.807, 2.05) is 0 Å². The Bertz CT molecular complexity index is 768. The molecule has 0 radical (unpaired) electrons. The van der Waals surface area contributed by atoms with E-state index in [-0.39, 0.29) is 26.2 Å². The zero-order valence-electron chi connectivity index (χ0n) is 10.4. The highest BCUT2D eigenvalue weighted by atomic mass is 35.5. The highest BCUT2D eigenvalue weighted by Crippen LogP contribution is 2.33. The Hall–Kier alpha value is -1.76. The first-order valence-corrected chi connectivity index (χ1v) is 7.85. The van der Waals surface area contributed by atoms with Gasteiger partial charge in [0.25, 0.3) is 10.0 Å². The molecule has 0 unspecified atom stereocenters. The van der Waals surface area contributed by atoms with Crippen LogP contribution >= 0.6 is 23.2 Å². The van der Waals surface area contributed by atoms with Crippen LogP contribution in [0.15, 0.2) is 47.4 Å². The summed E-state index contributed by atoms with van der Waals surface area (Å²) in [6, 6.07) is 9.90. The molecular formula is C13H9Cl2NO4S. The highest BCUT2D eigenvalue weighted by molar-refractivity contribution is 7.92. The molecular weight excluding hydrogens is 337 g/mol. The van der Waals surface area contributed by atoms with Crippen molar-refractivity contribution in [2.24, 2.45) is 0 Å². The maximum Gasteiger partial charge on any atom is 0.335 e. The number of rotatable bonds is 4. The standard InChI is InChI=1S/C13H9Cl2NO4S/c14-10-6-8(13(17)18)7-11(15)12(10)16-21(19,20)9-4-2-1-3-5-9/h1-7,16H,(H,17,18). The molecule has 0 saturated carbocycles. The molecule has 0 heterocycles. The van der Waals surface area contributed by atoms with Crippen molar-refractivity contribution >= 4 is 44.9 Å². The van der Waals surface area contributed by atoms with E-state index in [0.29, 0.717) is 0 Å². The number of aromatic carboxylic acids is 1. The van der Waals surface area contributed by atoms with Crippen molar-refractivity contribution in [1.29, 1.82) is 0 Å². The fourth-order valence-electron chi connectivity index (χ4n) is 1.59. The van der Waals surface area contributed by atoms with Crippen LogP contribution in [0.1, 0.15) is 10.4 Å². The van der Waals surface area contributed by atoms with Crippen LogP contribution in [0.25, 0.3) is 0 Å². The summed E-state index contributed by atoms with van der Waals surface area (Å²) in [4.78, 5) is 10.9. The third kappa shape index (κ3) is 3.47. The number of hydrogen-bond acceptors (Lipinski definition) is 3. The number of sulfonamides is 1. The molecule has 2 aromatic rings. The van der Waals surface area contributed by atoms with Gasteiger partial charge in [-0.2, -0.15) is 0 Å². The minimum atomic E-state index is -3.86. The lowest BCUT2D eigenvalue weighted by Crippen LogP contribution is -2.14. The van der Waals surface area contributed by atoms with Gasteiger partial charge in [-0.3, -0.25) is 4.72 Å². The molecule has 0 aromatic heterocycles. The topological polar surface area (TPSA) is 83.5 Å². The van der Waals surface area contributed by atoms with E-state index in [2.05, 4.69) is 4.72 Å². The molecule has 0 bridgehead atoms. The van der Waals surface area contributed by atoms with Gasteiger partial charge in [-0.15, -0.1) is 0 Å². The summed E-state index contributed by atoms with van der Waals surface area (Å²) >= 11 is 11.8. The second kappa shape index (κ2) is 5.93. The zero-order valence-corrected chi connectivity index (χ0v) is 12.7. The molecule has 0 aliphatic rings. The van der Waals surface area contributed by atoms with Gasteiger partial charge in [0, 0.05) is 0 Å². The number of benzene rings is 2. The monoisotopic (exact) mass is 345 g/mol. The molecule has 0 aliphatic carbocycles. The quantitative estimate of drug-likeness (QED) is 0.888. The summed E-state index contributed by atoms with van der Waals surface area (Å²) in [6.45, 7) is 0. The normalized spacial score (nSPS) is 11.1. The Morgan fingerprint density at radius 3 is 2.05 bits per heavy atom. The first-order chi connectivity index (χ1) is 9.81. The Morgan fingerprint density at radius 1 is 1.05 bits per heavy atom. The predicted molar refractivity (Wildman–Crippen MR) is 80.7 cm³/mol. The molecule has 21 heavy (non-hydrogen) atoms. The summed E-state index contributed by atoms with van der Waals surface area (Å²) in [5, 5.41) is 8.68. The number of anilines is 1. The van der Waals surface area contributed by atoms with Gasteiger partial charge in [0.15, 0.2) is 0 Å². The largest absolute Gasteiger partial charge is 0.478 e. The van der Waals surface area contributed by atoms with Crippen LogP contribution in [-0.4, -0.2) is 19.5 Å². The number of hydrogen-bond donors (Lipinski definition) is 2. The lowest BCUT2D eigenvalue weighted by atomic mass is 10.2. The second-order valence-corrected chi connectivity index (χ2v) is 6.54. The minimum absolute atomic E-state index is 0.0412. The molecule has 8 heteroatoms. The van der Waals surface area contributed by atoms with Crippen LogP contribution in [0.4, 0.5) is 5.69 Å². The van der Waals surface area contributed by atoms with Crippen LogP contribution < -0.4 is 4.72 Å². The Balaban J connectivity index is 2.43. The SMILES string of the molecule is O=C(O)c1cc(Cl)c(NS(=O)(=O)c2ccccc2)c(Cl)c1. The van der Waals surface area contributed by atoms with Crippen LogP contribution in [0, 0.1) is 0 Å². The highest BCUT2D eigenvalue weighted by Gasteiger charge is 2.19. The van der Waals surface area contributed by atoms with Crippen molar-refractivity contribution in [3.05, 3.63) is 58.1 Å². The number of carboxylic acids is 1. The van der Waals surface area contributed by atoms with E-state index < -0.39 is 16.0 Å². The smallest absolute Gasteiger partial charge is 0.335 e. The summed E-state index contributed by atoms with van der Waals surface area (Å²) < 4.78 is 26.6. The molecule has 2 rings (SSSR count). The maximum absolute atomic E-state index is 12.2. The average molecular weight is 346 g/mol. The van der Waals surface area contributed by atoms with E-state index in [1.165, 1.54) is 12.1 Å². The van der Waals surface area contributed by atoms with E-state index >= 15 is 0 Å². The molecule has 0 atom stereocenters. The minimum Gasteiger partial charge on any atom is -0.478 e. The van der Waals surface area contributed by atoms with Crippen molar-refractivity contribution in [3.63, 3.8) is 0 Å². The van der Waals surface area contributed by atoms with Gasteiger partial charge in [-0.25, -0.2) is 13.2 Å². The van der Waals surface area contributed by atoms with Gasteiger partial charge in [0.1, 0.15) is 0 Å². The fourth-order valence-corrected chi connectivity index (χ4v) is 3.40. The van der Waals surface area contributed by atoms with E-state index in [1.54, 1.807) is 18.2 Å². The average Bonchev–Trinajstić information content (AvgIpc) is 2.43. The summed E-state index contributed by atoms with van der Waals surface area (Å²) in [5.74, 6) is -1.21. The molecule has 2 aromatic carbocycles. The van der Waals surface area contributed by atoms with Crippen molar-refractivity contribution < 1.29 is 18.3 Å². The van der Waals surface area contributed by atoms with Gasteiger partial charge in [-0.1, -0.05) is 41.4 Å². The van der Waals surface area contributed by atoms with E-state index in [4.69, 9.17) is 28.3 Å². The van der Waals surface area contributed by atoms with Crippen LogP contribution in [0.3, 0.4) is 0 Å². The van der Waals surface area contributed by atoms with Gasteiger partial charge in [-0.05, 0) is 24.3 Å². The zero-order chi connectivity index (χ0) is 15.6. The van der Waals surface area contributed by atoms with Gasteiger partial charge in [0.2, 0.25) is 0 Å². The maximum atomic E-state index is 12.2. The molecule has 5 nitrogen and oxygen atoms in total. The predicted octanol–water partition coefficient (Wildman–Crippen LogP) is 3.49. The van der Waals surface area contributed by atoms with Gasteiger partial charge >= 0.3 is 5.97 Å². The first kappa shape index (κ1) is 15.6. The number of carbonyl (C=O) groups is 1. The molecule has 110 valence electrons. The van der Waals surface area contributed by atoms with Gasteiger partial charge < -0.3 is 5.11 Å². The van der Waals surface area contributed by atoms with Crippen molar-refractivity contribution in [2.75, 3.05) is 4.72 Å². The number of halogens is 2. The van der Waals surface area contributed by atoms with Gasteiger partial charge in [0.05, 0.1) is 26.2 Å². The van der Waals surface area contributed by atoms with Crippen LogP contribution in [-0.2, 0) is 10.0 Å². The molecule has 0 fully saturated rings. The Labute approximate surface area is 131 Å². The third-order valence-electron chi connectivity index (χ3n) is 2.58.